The van der Waals surface area contributed by atoms with E-state index in [1.54, 1.807) is 6.20 Å². The maximum atomic E-state index is 13.5. The minimum Gasteiger partial charge on any atom is -0.515 e. The van der Waals surface area contributed by atoms with Crippen molar-refractivity contribution in [3.05, 3.63) is 56.3 Å². The van der Waals surface area contributed by atoms with Crippen molar-refractivity contribution in [2.75, 3.05) is 5.32 Å². The summed E-state index contributed by atoms with van der Waals surface area (Å²) >= 11 is 1.40. The van der Waals surface area contributed by atoms with Gasteiger partial charge in [-0.25, -0.2) is 4.98 Å². The van der Waals surface area contributed by atoms with Crippen LogP contribution in [0, 0.1) is 40.2 Å². The Morgan fingerprint density at radius 3 is 2.83 bits per heavy atom. The fourth-order valence-corrected chi connectivity index (χ4v) is 7.74. The summed E-state index contributed by atoms with van der Waals surface area (Å²) in [5, 5.41) is 35.0. The summed E-state index contributed by atoms with van der Waals surface area (Å²) in [6.07, 6.45) is 5.96. The topological polar surface area (TPSA) is 143 Å². The van der Waals surface area contributed by atoms with E-state index in [-0.39, 0.29) is 53.2 Å². The molecule has 3 aliphatic carbocycles. The number of phenolic OH excluding ortho intramolecular Hbond substituents is 1. The molecular weight excluding hydrogens is 482 g/mol. The number of carbonyl (C=O) groups is 2. The number of aromatic hydroxyl groups is 1. The highest BCUT2D eigenvalue weighted by atomic mass is 32.1. The van der Waals surface area contributed by atoms with Crippen LogP contribution in [0.15, 0.2) is 30.2 Å². The number of carbonyl (C=O) groups excluding carboxylic acids is 2. The highest BCUT2D eigenvalue weighted by Gasteiger charge is 2.60. The number of aromatic nitrogens is 1. The van der Waals surface area contributed by atoms with E-state index in [1.165, 1.54) is 23.5 Å². The number of allylic oxidation sites excluding steroid dienone is 1. The predicted molar refractivity (Wildman–Crippen MR) is 134 cm³/mol. The molecule has 0 spiro atoms. The smallest absolute Gasteiger partial charge is 0.310 e. The molecule has 9 nitrogen and oxygen atoms in total. The number of benzene rings is 1. The van der Waals surface area contributed by atoms with Gasteiger partial charge in [0.2, 0.25) is 5.91 Å². The van der Waals surface area contributed by atoms with E-state index in [2.05, 4.69) is 10.3 Å². The van der Waals surface area contributed by atoms with Gasteiger partial charge in [-0.2, -0.15) is 0 Å². The summed E-state index contributed by atoms with van der Waals surface area (Å²) in [5.74, 6) is -0.829. The van der Waals surface area contributed by atoms with E-state index in [1.807, 2.05) is 13.8 Å². The highest BCUT2D eigenvalue weighted by Crippen LogP contribution is 2.63. The Morgan fingerprint density at radius 2 is 2.17 bits per heavy atom. The highest BCUT2D eigenvalue weighted by molar-refractivity contribution is 7.15. The molecule has 1 aromatic heterocycles. The number of rotatable bonds is 5. The van der Waals surface area contributed by atoms with Gasteiger partial charge in [0.25, 0.3) is 0 Å². The Labute approximate surface area is 212 Å². The van der Waals surface area contributed by atoms with E-state index in [0.29, 0.717) is 36.4 Å². The van der Waals surface area contributed by atoms with E-state index < -0.39 is 10.3 Å². The number of nitro groups is 1. The molecule has 36 heavy (non-hydrogen) atoms. The van der Waals surface area contributed by atoms with Crippen LogP contribution in [0.3, 0.4) is 0 Å². The molecule has 1 heterocycles. The summed E-state index contributed by atoms with van der Waals surface area (Å²) < 4.78 is 0. The quantitative estimate of drug-likeness (QED) is 0.217. The number of Topliss-reactive ketones (excluding diaryl/α,β-unsaturated/α-hetero) is 1. The second-order valence-corrected chi connectivity index (χ2v) is 11.7. The molecule has 3 unspecified atom stereocenters. The van der Waals surface area contributed by atoms with Crippen molar-refractivity contribution < 1.29 is 24.7 Å². The molecule has 0 saturated heterocycles. The number of hydrogen-bond donors (Lipinski definition) is 3. The van der Waals surface area contributed by atoms with Crippen molar-refractivity contribution in [2.24, 2.45) is 23.2 Å². The maximum Gasteiger partial charge on any atom is 0.310 e. The monoisotopic (exact) mass is 511 g/mol. The van der Waals surface area contributed by atoms with E-state index in [4.69, 9.17) is 0 Å². The second-order valence-electron chi connectivity index (χ2n) is 10.5. The first kappa shape index (κ1) is 24.4. The molecule has 1 aromatic carbocycles. The molecule has 3 aliphatic rings. The van der Waals surface area contributed by atoms with Gasteiger partial charge in [0, 0.05) is 34.5 Å². The number of anilines is 1. The zero-order valence-electron chi connectivity index (χ0n) is 20.2. The van der Waals surface area contributed by atoms with Crippen LogP contribution in [0.2, 0.25) is 0 Å². The fourth-order valence-electron chi connectivity index (χ4n) is 7.06. The maximum absolute atomic E-state index is 13.5. The molecule has 1 amide bonds. The Hall–Kier alpha value is -3.27. The molecule has 2 saturated carbocycles. The summed E-state index contributed by atoms with van der Waals surface area (Å²) in [6, 6.07) is 3.01. The first-order valence-corrected chi connectivity index (χ1v) is 13.1. The van der Waals surface area contributed by atoms with Gasteiger partial charge in [-0.1, -0.05) is 6.92 Å². The molecular formula is C26H29N3O6S. The molecule has 0 bridgehead atoms. The minimum absolute atomic E-state index is 0.0200. The lowest BCUT2D eigenvalue weighted by atomic mass is 9.54. The van der Waals surface area contributed by atoms with Gasteiger partial charge in [-0.3, -0.25) is 19.7 Å². The third-order valence-corrected chi connectivity index (χ3v) is 9.40. The van der Waals surface area contributed by atoms with Crippen molar-refractivity contribution in [1.29, 1.82) is 0 Å². The van der Waals surface area contributed by atoms with Gasteiger partial charge < -0.3 is 15.5 Å². The molecule has 0 aliphatic heterocycles. The van der Waals surface area contributed by atoms with Gasteiger partial charge in [-0.05, 0) is 79.9 Å². The number of nitro benzene ring substituents is 1. The van der Waals surface area contributed by atoms with Crippen LogP contribution in [0.25, 0.3) is 0 Å². The van der Waals surface area contributed by atoms with Crippen molar-refractivity contribution in [3.63, 3.8) is 0 Å². The summed E-state index contributed by atoms with van der Waals surface area (Å²) in [4.78, 5) is 42.2. The number of nitrogens with one attached hydrogen (secondary N) is 1. The van der Waals surface area contributed by atoms with Crippen LogP contribution in [-0.4, -0.2) is 31.8 Å². The van der Waals surface area contributed by atoms with Crippen LogP contribution in [0.4, 0.5) is 10.8 Å². The number of thiazole rings is 1. The average Bonchev–Trinajstić information content (AvgIpc) is 3.34. The molecule has 10 heteroatoms. The molecule has 190 valence electrons. The van der Waals surface area contributed by atoms with Gasteiger partial charge >= 0.3 is 5.69 Å². The first-order valence-electron chi connectivity index (χ1n) is 12.3. The number of fused-ring (bicyclic) bond motifs is 5. The van der Waals surface area contributed by atoms with E-state index in [0.717, 1.165) is 28.7 Å². The normalized spacial score (nSPS) is 29.9. The first-order chi connectivity index (χ1) is 17.1. The zero-order valence-corrected chi connectivity index (χ0v) is 21.0. The number of ketones is 1. The molecule has 5 rings (SSSR count). The van der Waals surface area contributed by atoms with Crippen molar-refractivity contribution in [2.45, 2.75) is 58.3 Å². The minimum atomic E-state index is -0.649. The molecule has 0 radical (unpaired) electrons. The van der Waals surface area contributed by atoms with Gasteiger partial charge in [0.15, 0.2) is 16.7 Å². The SMILES string of the molecule is Cc1cnc(NC(=O)CC[C@@H]2/C(=C/O)C(=O)[C@@]3(C)CCC4c5cc([N+](=O)[O-])c(O)cc5CCC4C23)s1. The number of aryl methyl sites for hydroxylation is 2. The third-order valence-electron chi connectivity index (χ3n) is 8.57. The van der Waals surface area contributed by atoms with E-state index >= 15 is 0 Å². The number of aliphatic hydroxyl groups excluding tert-OH is 1. The lowest BCUT2D eigenvalue weighted by Gasteiger charge is -2.49. The number of amides is 1. The fraction of sp³-hybridized carbons (Fsp3) is 0.500. The van der Waals surface area contributed by atoms with Crippen LogP contribution < -0.4 is 5.32 Å². The molecule has 2 fully saturated rings. The lowest BCUT2D eigenvalue weighted by molar-refractivity contribution is -0.386. The average molecular weight is 512 g/mol. The largest absolute Gasteiger partial charge is 0.515 e. The van der Waals surface area contributed by atoms with Gasteiger partial charge in [-0.15, -0.1) is 11.3 Å². The van der Waals surface area contributed by atoms with Crippen LogP contribution in [-0.2, 0) is 16.0 Å². The molecule has 5 atom stereocenters. The van der Waals surface area contributed by atoms with Gasteiger partial charge in [0.1, 0.15) is 0 Å². The molecule has 2 aromatic rings. The molecule has 3 N–H and O–H groups in total. The lowest BCUT2D eigenvalue weighted by Crippen LogP contribution is -2.44. The van der Waals surface area contributed by atoms with Crippen molar-refractivity contribution >= 4 is 33.8 Å². The van der Waals surface area contributed by atoms with Crippen LogP contribution >= 0.6 is 11.3 Å². The van der Waals surface area contributed by atoms with Crippen molar-refractivity contribution in [3.8, 4) is 5.75 Å². The van der Waals surface area contributed by atoms with E-state index in [9.17, 15) is 29.9 Å². The van der Waals surface area contributed by atoms with Crippen molar-refractivity contribution in [1.82, 2.24) is 4.98 Å². The second kappa shape index (κ2) is 8.99. The summed E-state index contributed by atoms with van der Waals surface area (Å²) in [6.45, 7) is 3.88. The Morgan fingerprint density at radius 1 is 1.39 bits per heavy atom. The summed E-state index contributed by atoms with van der Waals surface area (Å²) in [5.41, 5.74) is 1.22. The Balaban J connectivity index is 1.44. The third kappa shape index (κ3) is 3.87. The van der Waals surface area contributed by atoms with Crippen LogP contribution in [0.1, 0.15) is 60.9 Å². The summed E-state index contributed by atoms with van der Waals surface area (Å²) in [7, 11) is 0. The van der Waals surface area contributed by atoms with Gasteiger partial charge in [0.05, 0.1) is 11.2 Å². The Kier molecular flexibility index (Phi) is 6.10. The number of nitrogens with zero attached hydrogens (tertiary/aromatic N) is 2. The Bertz CT molecular complexity index is 1290. The number of aliphatic hydroxyl groups is 1. The van der Waals surface area contributed by atoms with Crippen LogP contribution in [0.5, 0.6) is 5.75 Å². The zero-order chi connectivity index (χ0) is 25.8. The number of phenols is 1. The predicted octanol–water partition coefficient (Wildman–Crippen LogP) is 5.19. The standard InChI is InChI=1S/C26H29N3O6S/c1-13-11-27-25(36-13)28-22(32)6-5-17-19(12-30)24(33)26(2)8-7-15-16(23(17)26)4-3-14-9-21(31)20(29(34)35)10-18(14)15/h9-12,15-17,23,30-31H,3-8H2,1-2H3,(H,27,28,32)/b19-12-/t15?,16?,17-,23?,26+/m1/s1. The number of hydrogen-bond acceptors (Lipinski definition) is 8.